The number of piperidine rings is 1. The first-order valence-electron chi connectivity index (χ1n) is 10.5. The van der Waals surface area contributed by atoms with E-state index in [9.17, 15) is 9.59 Å². The van der Waals surface area contributed by atoms with Crippen LogP contribution in [-0.4, -0.2) is 38.7 Å². The molecule has 1 aliphatic heterocycles. The summed E-state index contributed by atoms with van der Waals surface area (Å²) in [6.45, 7) is 7.03. The number of carbonyl (C=O) groups excluding carboxylic acids is 1. The zero-order chi connectivity index (χ0) is 21.3. The Hall–Kier alpha value is -2.12. The Morgan fingerprint density at radius 2 is 2.00 bits per heavy atom. The third kappa shape index (κ3) is 4.18. The number of rotatable bonds is 5. The first-order valence-corrected chi connectivity index (χ1v) is 12.4. The number of likely N-dealkylation sites (tertiary alicyclic amines) is 1. The van der Waals surface area contributed by atoms with Crippen LogP contribution in [0.3, 0.4) is 0 Å². The van der Waals surface area contributed by atoms with Crippen LogP contribution in [0.25, 0.3) is 15.9 Å². The minimum absolute atomic E-state index is 0.0700. The van der Waals surface area contributed by atoms with Crippen LogP contribution >= 0.6 is 23.1 Å². The molecular weight excluding hydrogens is 414 g/mol. The number of amides is 1. The zero-order valence-electron chi connectivity index (χ0n) is 17.7. The van der Waals surface area contributed by atoms with E-state index in [0.717, 1.165) is 42.6 Å². The number of hydrogen-bond donors (Lipinski definition) is 0. The van der Waals surface area contributed by atoms with Crippen LogP contribution in [0, 0.1) is 13.8 Å². The lowest BCUT2D eigenvalue weighted by Gasteiger charge is -2.35. The molecule has 1 atom stereocenters. The monoisotopic (exact) mass is 441 g/mol. The number of thioether (sulfide) groups is 1. The van der Waals surface area contributed by atoms with Gasteiger partial charge in [-0.1, -0.05) is 24.8 Å². The number of aromatic nitrogens is 2. The fourth-order valence-corrected chi connectivity index (χ4v) is 5.92. The molecule has 0 spiro atoms. The van der Waals surface area contributed by atoms with Gasteiger partial charge in [0.1, 0.15) is 4.70 Å². The predicted molar refractivity (Wildman–Crippen MR) is 125 cm³/mol. The zero-order valence-corrected chi connectivity index (χ0v) is 19.3. The highest BCUT2D eigenvalue weighted by Crippen LogP contribution is 2.26. The summed E-state index contributed by atoms with van der Waals surface area (Å²) in [5.74, 6) is 0.432. The van der Waals surface area contributed by atoms with Crippen molar-refractivity contribution in [3.05, 3.63) is 51.1 Å². The maximum absolute atomic E-state index is 13.3. The van der Waals surface area contributed by atoms with Crippen molar-refractivity contribution in [1.82, 2.24) is 14.5 Å². The molecule has 4 rings (SSSR count). The maximum atomic E-state index is 13.3. The molecule has 1 fully saturated rings. The van der Waals surface area contributed by atoms with E-state index in [0.29, 0.717) is 27.2 Å². The van der Waals surface area contributed by atoms with Crippen molar-refractivity contribution < 1.29 is 4.79 Å². The molecule has 7 heteroatoms. The Morgan fingerprint density at radius 3 is 2.73 bits per heavy atom. The lowest BCUT2D eigenvalue weighted by molar-refractivity contribution is -0.132. The molecule has 1 amide bonds. The van der Waals surface area contributed by atoms with Gasteiger partial charge in [0.2, 0.25) is 5.91 Å². The van der Waals surface area contributed by atoms with Gasteiger partial charge in [-0.25, -0.2) is 4.98 Å². The van der Waals surface area contributed by atoms with E-state index in [1.807, 2.05) is 42.3 Å². The molecule has 0 radical (unpaired) electrons. The molecule has 1 saturated heterocycles. The van der Waals surface area contributed by atoms with E-state index < -0.39 is 0 Å². The normalized spacial score (nSPS) is 16.9. The summed E-state index contributed by atoms with van der Waals surface area (Å²) in [7, 11) is 0. The van der Waals surface area contributed by atoms with Crippen molar-refractivity contribution in [3.8, 4) is 5.69 Å². The van der Waals surface area contributed by atoms with Crippen molar-refractivity contribution in [1.29, 1.82) is 0 Å². The molecular formula is C23H27N3O2S2. The molecule has 0 saturated carbocycles. The first kappa shape index (κ1) is 21.1. The van der Waals surface area contributed by atoms with Crippen molar-refractivity contribution >= 4 is 39.2 Å². The third-order valence-corrected chi connectivity index (χ3v) is 7.47. The Balaban J connectivity index is 1.69. The summed E-state index contributed by atoms with van der Waals surface area (Å²) in [4.78, 5) is 33.1. The molecule has 2 aromatic heterocycles. The van der Waals surface area contributed by atoms with Crippen LogP contribution in [0.15, 0.2) is 39.6 Å². The van der Waals surface area contributed by atoms with Crippen molar-refractivity contribution in [2.75, 3.05) is 12.3 Å². The number of nitrogens with zero attached hydrogens (tertiary/aromatic N) is 3. The van der Waals surface area contributed by atoms with Gasteiger partial charge in [0, 0.05) is 12.6 Å². The topological polar surface area (TPSA) is 55.2 Å². The van der Waals surface area contributed by atoms with Crippen molar-refractivity contribution in [2.24, 2.45) is 0 Å². The van der Waals surface area contributed by atoms with Gasteiger partial charge in [-0.2, -0.15) is 0 Å². The highest BCUT2D eigenvalue weighted by molar-refractivity contribution is 7.99. The predicted octanol–water partition coefficient (Wildman–Crippen LogP) is 4.95. The van der Waals surface area contributed by atoms with E-state index >= 15 is 0 Å². The Morgan fingerprint density at radius 1 is 1.23 bits per heavy atom. The van der Waals surface area contributed by atoms with E-state index in [4.69, 9.17) is 4.98 Å². The van der Waals surface area contributed by atoms with Crippen LogP contribution in [0.1, 0.15) is 43.7 Å². The Kier molecular flexibility index (Phi) is 6.29. The first-order chi connectivity index (χ1) is 14.5. The molecule has 0 aliphatic carbocycles. The lowest BCUT2D eigenvalue weighted by atomic mass is 10.0. The Bertz CT molecular complexity index is 1110. The Labute approximate surface area is 185 Å². The fourth-order valence-electron chi connectivity index (χ4n) is 4.26. The van der Waals surface area contributed by atoms with Crippen molar-refractivity contribution in [3.63, 3.8) is 0 Å². The van der Waals surface area contributed by atoms with Crippen LogP contribution in [0.4, 0.5) is 0 Å². The van der Waals surface area contributed by atoms with Gasteiger partial charge in [-0.3, -0.25) is 14.2 Å². The summed E-state index contributed by atoms with van der Waals surface area (Å²) >= 11 is 2.78. The van der Waals surface area contributed by atoms with Crippen LogP contribution in [-0.2, 0) is 4.79 Å². The third-order valence-electron chi connectivity index (χ3n) is 5.66. The van der Waals surface area contributed by atoms with Crippen LogP contribution in [0.5, 0.6) is 0 Å². The number of hydrogen-bond acceptors (Lipinski definition) is 5. The fraction of sp³-hybridized carbons (Fsp3) is 0.435. The quantitative estimate of drug-likeness (QED) is 0.415. The van der Waals surface area contributed by atoms with E-state index in [1.54, 1.807) is 4.57 Å². The number of aryl methyl sites for hydroxylation is 2. The highest BCUT2D eigenvalue weighted by atomic mass is 32.2. The maximum Gasteiger partial charge on any atom is 0.276 e. The van der Waals surface area contributed by atoms with Gasteiger partial charge in [0.15, 0.2) is 5.16 Å². The van der Waals surface area contributed by atoms with Gasteiger partial charge in [-0.05, 0) is 74.2 Å². The minimum Gasteiger partial charge on any atom is -0.339 e. The number of carbonyl (C=O) groups is 1. The lowest BCUT2D eigenvalue weighted by Crippen LogP contribution is -2.44. The summed E-state index contributed by atoms with van der Waals surface area (Å²) in [6.07, 6.45) is 4.33. The molecule has 1 aromatic carbocycles. The number of benzene rings is 1. The summed E-state index contributed by atoms with van der Waals surface area (Å²) in [5.41, 5.74) is 3.62. The van der Waals surface area contributed by atoms with Gasteiger partial charge < -0.3 is 4.90 Å². The average molecular weight is 442 g/mol. The van der Waals surface area contributed by atoms with Crippen LogP contribution < -0.4 is 5.56 Å². The van der Waals surface area contributed by atoms with E-state index in [2.05, 4.69) is 13.0 Å². The second-order valence-corrected chi connectivity index (χ2v) is 9.81. The summed E-state index contributed by atoms with van der Waals surface area (Å²) in [5, 5.41) is 2.47. The van der Waals surface area contributed by atoms with Crippen LogP contribution in [0.2, 0.25) is 0 Å². The SMILES string of the molecule is CC[C@@H]1CCCCN1C(=O)CSc1nc2ccsc2c(=O)n1-c1cc(C)cc(C)c1. The number of thiophene rings is 1. The molecule has 0 N–H and O–H groups in total. The largest absolute Gasteiger partial charge is 0.339 e. The molecule has 3 aromatic rings. The minimum atomic E-state index is -0.0700. The number of fused-ring (bicyclic) bond motifs is 1. The summed E-state index contributed by atoms with van der Waals surface area (Å²) in [6, 6.07) is 8.29. The molecule has 3 heterocycles. The smallest absolute Gasteiger partial charge is 0.276 e. The second kappa shape index (κ2) is 8.94. The standard InChI is InChI=1S/C23H27N3O2S2/c1-4-17-7-5-6-9-25(17)20(27)14-30-23-24-19-8-10-29-21(19)22(28)26(23)18-12-15(2)11-16(3)13-18/h8,10-13,17H,4-7,9,14H2,1-3H3/t17-/m1/s1. The van der Waals surface area contributed by atoms with Crippen molar-refractivity contribution in [2.45, 2.75) is 57.7 Å². The van der Waals surface area contributed by atoms with Gasteiger partial charge in [0.05, 0.1) is 17.0 Å². The van der Waals surface area contributed by atoms with E-state index in [-0.39, 0.29) is 11.5 Å². The summed E-state index contributed by atoms with van der Waals surface area (Å²) < 4.78 is 2.32. The average Bonchev–Trinajstić information content (AvgIpc) is 3.20. The molecule has 5 nitrogen and oxygen atoms in total. The van der Waals surface area contributed by atoms with Gasteiger partial charge in [0.25, 0.3) is 5.56 Å². The van der Waals surface area contributed by atoms with Gasteiger partial charge >= 0.3 is 0 Å². The molecule has 1 aliphatic rings. The molecule has 0 unspecified atom stereocenters. The van der Waals surface area contributed by atoms with E-state index in [1.165, 1.54) is 29.5 Å². The molecule has 30 heavy (non-hydrogen) atoms. The highest BCUT2D eigenvalue weighted by Gasteiger charge is 2.26. The molecule has 0 bridgehead atoms. The second-order valence-electron chi connectivity index (χ2n) is 7.95. The van der Waals surface area contributed by atoms with Gasteiger partial charge in [-0.15, -0.1) is 11.3 Å². The molecule has 158 valence electrons.